The lowest BCUT2D eigenvalue weighted by atomic mass is 10.1. The Morgan fingerprint density at radius 1 is 0.944 bits per heavy atom. The van der Waals surface area contributed by atoms with E-state index in [1.165, 1.54) is 51.4 Å². The summed E-state index contributed by atoms with van der Waals surface area (Å²) in [5.41, 5.74) is 1.81. The van der Waals surface area contributed by atoms with Gasteiger partial charge in [-0.15, -0.1) is 0 Å². The first-order valence-electron chi connectivity index (χ1n) is 7.32. The van der Waals surface area contributed by atoms with Crippen LogP contribution in [0.25, 0.3) is 0 Å². The molecule has 1 aliphatic rings. The smallest absolute Gasteiger partial charge is 0.170 e. The van der Waals surface area contributed by atoms with Gasteiger partial charge in [-0.2, -0.15) is 0 Å². The van der Waals surface area contributed by atoms with Crippen LogP contribution >= 0.6 is 0 Å². The van der Waals surface area contributed by atoms with Crippen molar-refractivity contribution in [2.45, 2.75) is 64.2 Å². The number of aromatic nitrogens is 2. The fourth-order valence-corrected chi connectivity index (χ4v) is 2.86. The second-order valence-corrected chi connectivity index (χ2v) is 5.37. The molecule has 2 bridgehead atoms. The monoisotopic (exact) mass is 248 g/mol. The Hall–Kier alpha value is -1.12. The Balaban J connectivity index is 2.14. The van der Waals surface area contributed by atoms with Crippen molar-refractivity contribution in [3.05, 3.63) is 17.2 Å². The number of aldehydes is 1. The van der Waals surface area contributed by atoms with E-state index in [-0.39, 0.29) is 0 Å². The van der Waals surface area contributed by atoms with E-state index in [0.717, 1.165) is 30.6 Å². The van der Waals surface area contributed by atoms with Crippen LogP contribution in [0.2, 0.25) is 0 Å². The topological polar surface area (TPSA) is 34.9 Å². The molecule has 1 aromatic rings. The van der Waals surface area contributed by atoms with E-state index in [4.69, 9.17) is 0 Å². The molecule has 3 heteroatoms. The lowest BCUT2D eigenvalue weighted by Crippen LogP contribution is -2.03. The number of rotatable bonds is 1. The Bertz CT molecular complexity index is 395. The van der Waals surface area contributed by atoms with Crippen LogP contribution in [0.4, 0.5) is 0 Å². The Morgan fingerprint density at radius 2 is 1.50 bits per heavy atom. The van der Waals surface area contributed by atoms with Gasteiger partial charge in [0.25, 0.3) is 0 Å². The van der Waals surface area contributed by atoms with Gasteiger partial charge in [0, 0.05) is 19.2 Å². The molecule has 2 rings (SSSR count). The molecule has 0 N–H and O–H groups in total. The lowest BCUT2D eigenvalue weighted by Gasteiger charge is -2.05. The van der Waals surface area contributed by atoms with Crippen LogP contribution in [0, 0.1) is 0 Å². The molecule has 3 nitrogen and oxygen atoms in total. The molecule has 0 saturated heterocycles. The van der Waals surface area contributed by atoms with Gasteiger partial charge >= 0.3 is 0 Å². The van der Waals surface area contributed by atoms with E-state index < -0.39 is 0 Å². The van der Waals surface area contributed by atoms with Crippen LogP contribution in [0.5, 0.6) is 0 Å². The lowest BCUT2D eigenvalue weighted by molar-refractivity contribution is 0.111. The van der Waals surface area contributed by atoms with Crippen molar-refractivity contribution in [1.29, 1.82) is 0 Å². The third kappa shape index (κ3) is 3.21. The second kappa shape index (κ2) is 6.72. The molecule has 0 atom stereocenters. The van der Waals surface area contributed by atoms with E-state index in [9.17, 15) is 4.79 Å². The number of aryl methyl sites for hydroxylation is 1. The summed E-state index contributed by atoms with van der Waals surface area (Å²) in [6, 6.07) is 0. The van der Waals surface area contributed by atoms with Crippen molar-refractivity contribution in [3.8, 4) is 0 Å². The Morgan fingerprint density at radius 3 is 2.11 bits per heavy atom. The van der Waals surface area contributed by atoms with E-state index in [1.54, 1.807) is 0 Å². The Kier molecular flexibility index (Phi) is 4.97. The average molecular weight is 248 g/mol. The van der Waals surface area contributed by atoms with Gasteiger partial charge in [-0.05, 0) is 19.3 Å². The molecule has 0 radical (unpaired) electrons. The number of carbonyl (C=O) groups excluding carboxylic acids is 1. The van der Waals surface area contributed by atoms with Crippen molar-refractivity contribution >= 4 is 6.29 Å². The minimum atomic E-state index is 0.671. The summed E-state index contributed by atoms with van der Waals surface area (Å²) in [5, 5.41) is 0. The van der Waals surface area contributed by atoms with Gasteiger partial charge in [0.05, 0.1) is 0 Å². The number of fused-ring (bicyclic) bond motifs is 2. The number of nitrogens with zero attached hydrogens (tertiary/aromatic N) is 2. The molecule has 1 aliphatic heterocycles. The predicted molar refractivity (Wildman–Crippen MR) is 72.9 cm³/mol. The zero-order valence-electron chi connectivity index (χ0n) is 11.5. The molecule has 1 aromatic heterocycles. The van der Waals surface area contributed by atoms with Gasteiger partial charge < -0.3 is 4.57 Å². The van der Waals surface area contributed by atoms with Crippen LogP contribution in [-0.2, 0) is 19.9 Å². The molecule has 2 heterocycles. The molecule has 0 amide bonds. The zero-order chi connectivity index (χ0) is 12.8. The van der Waals surface area contributed by atoms with Gasteiger partial charge in [-0.1, -0.05) is 38.5 Å². The second-order valence-electron chi connectivity index (χ2n) is 5.37. The fraction of sp³-hybridized carbons (Fsp3) is 0.733. The first-order valence-corrected chi connectivity index (χ1v) is 7.32. The molecule has 0 spiro atoms. The minimum Gasteiger partial charge on any atom is -0.334 e. The summed E-state index contributed by atoms with van der Waals surface area (Å²) in [4.78, 5) is 15.6. The highest BCUT2D eigenvalue weighted by molar-refractivity contribution is 5.73. The standard InChI is InChI=1S/C15H24N2O/c1-17-14-10-8-6-4-2-3-5-7-9-11-15(17)16-13(14)12-18/h12H,2-11H2,1H3. The maximum Gasteiger partial charge on any atom is 0.170 e. The van der Waals surface area contributed by atoms with Gasteiger partial charge in [0.2, 0.25) is 0 Å². The number of hydrogen-bond acceptors (Lipinski definition) is 2. The average Bonchev–Trinajstić information content (AvgIpc) is 2.69. The largest absolute Gasteiger partial charge is 0.334 e. The molecular weight excluding hydrogens is 224 g/mol. The minimum absolute atomic E-state index is 0.671. The van der Waals surface area contributed by atoms with Crippen molar-refractivity contribution in [2.75, 3.05) is 0 Å². The predicted octanol–water partition coefficient (Wildman–Crippen LogP) is 3.45. The summed E-state index contributed by atoms with van der Waals surface area (Å²) in [6.45, 7) is 0. The van der Waals surface area contributed by atoms with E-state index in [0.29, 0.717) is 5.69 Å². The van der Waals surface area contributed by atoms with E-state index in [2.05, 4.69) is 16.6 Å². The summed E-state index contributed by atoms with van der Waals surface area (Å²) in [5.74, 6) is 1.09. The fourth-order valence-electron chi connectivity index (χ4n) is 2.86. The quantitative estimate of drug-likeness (QED) is 0.713. The maximum absolute atomic E-state index is 11.1. The van der Waals surface area contributed by atoms with Crippen LogP contribution in [0.15, 0.2) is 0 Å². The summed E-state index contributed by atoms with van der Waals surface area (Å²) in [7, 11) is 2.06. The zero-order valence-corrected chi connectivity index (χ0v) is 11.5. The first kappa shape index (κ1) is 13.3. The van der Waals surface area contributed by atoms with Crippen LogP contribution in [0.1, 0.15) is 73.4 Å². The van der Waals surface area contributed by atoms with Crippen molar-refractivity contribution < 1.29 is 4.79 Å². The first-order chi connectivity index (χ1) is 8.83. The van der Waals surface area contributed by atoms with Gasteiger partial charge in [0.15, 0.2) is 6.29 Å². The highest BCUT2D eigenvalue weighted by Crippen LogP contribution is 2.18. The molecule has 0 fully saturated rings. The Labute approximate surface area is 110 Å². The van der Waals surface area contributed by atoms with Crippen molar-refractivity contribution in [2.24, 2.45) is 7.05 Å². The molecule has 0 unspecified atom stereocenters. The van der Waals surface area contributed by atoms with E-state index >= 15 is 0 Å². The highest BCUT2D eigenvalue weighted by atomic mass is 16.1. The molecule has 0 saturated carbocycles. The third-order valence-corrected chi connectivity index (χ3v) is 4.01. The van der Waals surface area contributed by atoms with Crippen LogP contribution < -0.4 is 0 Å². The van der Waals surface area contributed by atoms with Crippen LogP contribution in [-0.4, -0.2) is 15.8 Å². The highest BCUT2D eigenvalue weighted by Gasteiger charge is 2.13. The number of hydrogen-bond donors (Lipinski definition) is 0. The summed E-state index contributed by atoms with van der Waals surface area (Å²) >= 11 is 0. The van der Waals surface area contributed by atoms with E-state index in [1.807, 2.05) is 0 Å². The van der Waals surface area contributed by atoms with Crippen LogP contribution in [0.3, 0.4) is 0 Å². The van der Waals surface area contributed by atoms with Gasteiger partial charge in [-0.3, -0.25) is 4.79 Å². The number of imidazole rings is 1. The molecular formula is C15H24N2O. The molecule has 0 aliphatic carbocycles. The SMILES string of the molecule is Cn1c2nc(C=O)c1CCCCCCCCCC2. The maximum atomic E-state index is 11.1. The molecule has 0 aromatic carbocycles. The van der Waals surface area contributed by atoms with Crippen molar-refractivity contribution in [1.82, 2.24) is 9.55 Å². The summed E-state index contributed by atoms with van der Waals surface area (Å²) in [6.07, 6.45) is 13.3. The summed E-state index contributed by atoms with van der Waals surface area (Å²) < 4.78 is 2.15. The van der Waals surface area contributed by atoms with Gasteiger partial charge in [-0.25, -0.2) is 4.98 Å². The normalized spacial score (nSPS) is 18.5. The number of carbonyl (C=O) groups is 1. The van der Waals surface area contributed by atoms with Crippen molar-refractivity contribution in [3.63, 3.8) is 0 Å². The molecule has 100 valence electrons. The molecule has 18 heavy (non-hydrogen) atoms. The third-order valence-electron chi connectivity index (χ3n) is 4.01. The van der Waals surface area contributed by atoms with Gasteiger partial charge in [0.1, 0.15) is 11.5 Å².